The number of fused-ring (bicyclic) bond motifs is 1. The van der Waals surface area contributed by atoms with E-state index in [9.17, 15) is 14.4 Å². The lowest BCUT2D eigenvalue weighted by Crippen LogP contribution is -2.62. The normalized spacial score (nSPS) is 17.7. The minimum absolute atomic E-state index is 0.134. The molecular formula is C23H25N5O4. The lowest BCUT2D eigenvalue weighted by molar-refractivity contribution is -0.132. The van der Waals surface area contributed by atoms with E-state index in [1.807, 2.05) is 36.4 Å². The molecule has 0 unspecified atom stereocenters. The maximum absolute atomic E-state index is 13.0. The van der Waals surface area contributed by atoms with Crippen LogP contribution < -0.4 is 10.6 Å². The fraction of sp³-hybridized carbons (Fsp3) is 0.304. The molecule has 1 aliphatic rings. The van der Waals surface area contributed by atoms with Crippen LogP contribution in [0, 0.1) is 0 Å². The summed E-state index contributed by atoms with van der Waals surface area (Å²) in [6, 6.07) is 14.6. The first-order valence-corrected chi connectivity index (χ1v) is 10.4. The van der Waals surface area contributed by atoms with Crippen molar-refractivity contribution in [1.29, 1.82) is 0 Å². The quantitative estimate of drug-likeness (QED) is 0.586. The molecule has 3 heterocycles. The molecule has 1 aliphatic heterocycles. The van der Waals surface area contributed by atoms with Crippen LogP contribution in [0.15, 0.2) is 59.2 Å². The first kappa shape index (κ1) is 21.4. The Morgan fingerprint density at radius 2 is 1.94 bits per heavy atom. The lowest BCUT2D eigenvalue weighted by atomic mass is 9.96. The molecule has 4 rings (SSSR count). The summed E-state index contributed by atoms with van der Waals surface area (Å²) in [7, 11) is 1.59. The number of hydrogen-bond acceptors (Lipinski definition) is 5. The summed E-state index contributed by atoms with van der Waals surface area (Å²) in [4.78, 5) is 39.9. The summed E-state index contributed by atoms with van der Waals surface area (Å²) in [5.74, 6) is -0.272. The molecule has 0 fully saturated rings. The molecule has 1 atom stereocenters. The van der Waals surface area contributed by atoms with Crippen LogP contribution in [0.3, 0.4) is 0 Å². The average Bonchev–Trinajstić information content (AvgIpc) is 3.46. The lowest BCUT2D eigenvalue weighted by Gasteiger charge is -2.40. The molecule has 3 aromatic rings. The van der Waals surface area contributed by atoms with Crippen LogP contribution in [0.1, 0.15) is 39.2 Å². The maximum Gasteiger partial charge on any atom is 0.272 e. The van der Waals surface area contributed by atoms with Crippen molar-refractivity contribution in [3.8, 4) is 0 Å². The van der Waals surface area contributed by atoms with Gasteiger partial charge < -0.3 is 20.0 Å². The molecule has 166 valence electrons. The fourth-order valence-corrected chi connectivity index (χ4v) is 3.65. The van der Waals surface area contributed by atoms with Crippen molar-refractivity contribution in [2.24, 2.45) is 0 Å². The molecule has 1 aromatic carbocycles. The van der Waals surface area contributed by atoms with Gasteiger partial charge in [-0.3, -0.25) is 19.1 Å². The van der Waals surface area contributed by atoms with Crippen molar-refractivity contribution in [2.45, 2.75) is 32.0 Å². The van der Waals surface area contributed by atoms with E-state index in [1.54, 1.807) is 26.3 Å². The predicted octanol–water partition coefficient (Wildman–Crippen LogP) is 1.61. The van der Waals surface area contributed by atoms with Crippen LogP contribution in [0.5, 0.6) is 0 Å². The third kappa shape index (κ3) is 4.14. The molecule has 0 bridgehead atoms. The minimum Gasteiger partial charge on any atom is -0.469 e. The van der Waals surface area contributed by atoms with Gasteiger partial charge >= 0.3 is 0 Å². The highest BCUT2D eigenvalue weighted by Crippen LogP contribution is 2.26. The van der Waals surface area contributed by atoms with Gasteiger partial charge in [0.2, 0.25) is 5.91 Å². The van der Waals surface area contributed by atoms with E-state index >= 15 is 0 Å². The molecule has 9 heteroatoms. The van der Waals surface area contributed by atoms with E-state index < -0.39 is 5.54 Å². The van der Waals surface area contributed by atoms with Gasteiger partial charge in [-0.05, 0) is 24.6 Å². The number of hydrogen-bond donors (Lipinski definition) is 2. The van der Waals surface area contributed by atoms with Crippen molar-refractivity contribution < 1.29 is 18.8 Å². The minimum atomic E-state index is -1.14. The van der Waals surface area contributed by atoms with Gasteiger partial charge in [0.1, 0.15) is 17.0 Å². The second-order valence-corrected chi connectivity index (χ2v) is 7.96. The van der Waals surface area contributed by atoms with Crippen LogP contribution in [0.4, 0.5) is 0 Å². The summed E-state index contributed by atoms with van der Waals surface area (Å²) >= 11 is 0. The topological polar surface area (TPSA) is 109 Å². The molecule has 3 amide bonds. The average molecular weight is 435 g/mol. The number of furan rings is 1. The Labute approximate surface area is 185 Å². The number of likely N-dealkylation sites (N-methyl/N-ethyl adjacent to an activating group) is 1. The second kappa shape index (κ2) is 8.70. The number of aromatic nitrogens is 2. The molecule has 0 radical (unpaired) electrons. The SMILES string of the molecule is CN1C(=O)c2cc(C(=O)NCCc3ccco3)nn2C[C@@]1(C)C(=O)NCc1ccccc1. The summed E-state index contributed by atoms with van der Waals surface area (Å²) < 4.78 is 6.68. The summed E-state index contributed by atoms with van der Waals surface area (Å²) in [5.41, 5.74) is 0.229. The van der Waals surface area contributed by atoms with Gasteiger partial charge in [-0.25, -0.2) is 0 Å². The Bertz CT molecular complexity index is 1120. The zero-order valence-electron chi connectivity index (χ0n) is 18.0. The van der Waals surface area contributed by atoms with Crippen LogP contribution in [-0.4, -0.2) is 51.5 Å². The van der Waals surface area contributed by atoms with Crippen LogP contribution in [-0.2, 0) is 24.3 Å². The first-order chi connectivity index (χ1) is 15.4. The van der Waals surface area contributed by atoms with Gasteiger partial charge in [-0.15, -0.1) is 0 Å². The van der Waals surface area contributed by atoms with Crippen LogP contribution in [0.2, 0.25) is 0 Å². The van der Waals surface area contributed by atoms with E-state index in [0.29, 0.717) is 19.5 Å². The van der Waals surface area contributed by atoms with Gasteiger partial charge in [-0.1, -0.05) is 30.3 Å². The zero-order chi connectivity index (χ0) is 22.7. The summed E-state index contributed by atoms with van der Waals surface area (Å²) in [6.45, 7) is 2.57. The van der Waals surface area contributed by atoms with Gasteiger partial charge in [-0.2, -0.15) is 5.10 Å². The largest absolute Gasteiger partial charge is 0.469 e. The molecule has 0 saturated heterocycles. The Morgan fingerprint density at radius 1 is 1.16 bits per heavy atom. The molecule has 9 nitrogen and oxygen atoms in total. The number of amides is 3. The number of carbonyl (C=O) groups is 3. The smallest absolute Gasteiger partial charge is 0.272 e. The van der Waals surface area contributed by atoms with E-state index in [4.69, 9.17) is 4.42 Å². The van der Waals surface area contributed by atoms with E-state index in [-0.39, 0.29) is 35.7 Å². The standard InChI is InChI=1S/C23H25N5O4/c1-23(22(31)25-14-16-7-4-3-5-8-16)15-28-19(21(30)27(23)2)13-18(26-28)20(29)24-11-10-17-9-6-12-32-17/h3-9,12-13H,10-11,14-15H2,1-2H3,(H,24,29)(H,25,31)/t23-/m0/s1. The van der Waals surface area contributed by atoms with Crippen molar-refractivity contribution in [3.63, 3.8) is 0 Å². The Kier molecular flexibility index (Phi) is 5.81. The molecule has 32 heavy (non-hydrogen) atoms. The van der Waals surface area contributed by atoms with Gasteiger partial charge in [0.15, 0.2) is 5.69 Å². The molecule has 0 saturated carbocycles. The maximum atomic E-state index is 13.0. The van der Waals surface area contributed by atoms with Gasteiger partial charge in [0.05, 0.1) is 12.8 Å². The van der Waals surface area contributed by atoms with E-state index in [1.165, 1.54) is 15.6 Å². The predicted molar refractivity (Wildman–Crippen MR) is 116 cm³/mol. The van der Waals surface area contributed by atoms with Gasteiger partial charge in [0, 0.05) is 32.6 Å². The monoisotopic (exact) mass is 435 g/mol. The molecule has 0 aliphatic carbocycles. The van der Waals surface area contributed by atoms with Crippen molar-refractivity contribution in [3.05, 3.63) is 77.5 Å². The fourth-order valence-electron chi connectivity index (χ4n) is 3.65. The summed E-state index contributed by atoms with van der Waals surface area (Å²) in [5, 5.41) is 9.98. The van der Waals surface area contributed by atoms with Crippen LogP contribution in [0.25, 0.3) is 0 Å². The highest BCUT2D eigenvalue weighted by atomic mass is 16.3. The van der Waals surface area contributed by atoms with Crippen molar-refractivity contribution >= 4 is 17.7 Å². The number of nitrogens with zero attached hydrogens (tertiary/aromatic N) is 3. The van der Waals surface area contributed by atoms with E-state index in [2.05, 4.69) is 15.7 Å². The molecule has 2 aromatic heterocycles. The first-order valence-electron chi connectivity index (χ1n) is 10.4. The number of nitrogens with one attached hydrogen (secondary N) is 2. The molecular weight excluding hydrogens is 410 g/mol. The highest BCUT2D eigenvalue weighted by molar-refractivity contribution is 6.01. The van der Waals surface area contributed by atoms with E-state index in [0.717, 1.165) is 11.3 Å². The van der Waals surface area contributed by atoms with Gasteiger partial charge in [0.25, 0.3) is 11.8 Å². The third-order valence-corrected chi connectivity index (χ3v) is 5.76. The van der Waals surface area contributed by atoms with Crippen molar-refractivity contribution in [1.82, 2.24) is 25.3 Å². The Morgan fingerprint density at radius 3 is 2.66 bits per heavy atom. The number of rotatable bonds is 7. The van der Waals surface area contributed by atoms with Crippen molar-refractivity contribution in [2.75, 3.05) is 13.6 Å². The molecule has 0 spiro atoms. The number of carbonyl (C=O) groups excluding carboxylic acids is 3. The Balaban J connectivity index is 1.44. The second-order valence-electron chi connectivity index (χ2n) is 7.96. The highest BCUT2D eigenvalue weighted by Gasteiger charge is 2.46. The Hall–Kier alpha value is -3.88. The van der Waals surface area contributed by atoms with Crippen LogP contribution >= 0.6 is 0 Å². The number of benzene rings is 1. The molecule has 2 N–H and O–H groups in total. The third-order valence-electron chi connectivity index (χ3n) is 5.76. The zero-order valence-corrected chi connectivity index (χ0v) is 18.0. The summed E-state index contributed by atoms with van der Waals surface area (Å²) in [6.07, 6.45) is 2.13.